The first kappa shape index (κ1) is 16.2. The van der Waals surface area contributed by atoms with Crippen molar-refractivity contribution in [3.8, 4) is 0 Å². The van der Waals surface area contributed by atoms with E-state index in [9.17, 15) is 4.79 Å². The first-order valence-corrected chi connectivity index (χ1v) is 8.06. The summed E-state index contributed by atoms with van der Waals surface area (Å²) in [5.41, 5.74) is 4.59. The van der Waals surface area contributed by atoms with E-state index < -0.39 is 0 Å². The predicted molar refractivity (Wildman–Crippen MR) is 97.0 cm³/mol. The van der Waals surface area contributed by atoms with Gasteiger partial charge in [-0.2, -0.15) is 0 Å². The summed E-state index contributed by atoms with van der Waals surface area (Å²) >= 11 is 0. The van der Waals surface area contributed by atoms with Crippen LogP contribution in [0.25, 0.3) is 6.08 Å². The molecule has 3 heteroatoms. The van der Waals surface area contributed by atoms with Crippen molar-refractivity contribution in [2.75, 3.05) is 0 Å². The molecule has 0 unspecified atom stereocenters. The number of fused-ring (bicyclic) bond motifs is 1. The first-order chi connectivity index (χ1) is 11.4. The maximum Gasteiger partial charge on any atom is 0.208 e. The minimum atomic E-state index is -0.128. The van der Waals surface area contributed by atoms with Gasteiger partial charge in [0.05, 0.1) is 0 Å². The molecule has 2 aromatic carbocycles. The van der Waals surface area contributed by atoms with E-state index in [2.05, 4.69) is 38.1 Å². The van der Waals surface area contributed by atoms with Gasteiger partial charge in [-0.15, -0.1) is 0 Å². The van der Waals surface area contributed by atoms with Crippen LogP contribution in [0.5, 0.6) is 0 Å². The summed E-state index contributed by atoms with van der Waals surface area (Å²) in [6, 6.07) is 16.0. The number of ketones is 1. The van der Waals surface area contributed by atoms with E-state index in [-0.39, 0.29) is 11.2 Å². The number of oxime groups is 1. The van der Waals surface area contributed by atoms with Crippen LogP contribution >= 0.6 is 0 Å². The highest BCUT2D eigenvalue weighted by molar-refractivity contribution is 6.52. The van der Waals surface area contributed by atoms with Gasteiger partial charge in [0.25, 0.3) is 0 Å². The van der Waals surface area contributed by atoms with E-state index in [1.165, 1.54) is 11.6 Å². The monoisotopic (exact) mass is 319 g/mol. The zero-order valence-electron chi connectivity index (χ0n) is 14.2. The number of carbonyl (C=O) groups is 1. The van der Waals surface area contributed by atoms with Crippen molar-refractivity contribution in [1.29, 1.82) is 0 Å². The lowest BCUT2D eigenvalue weighted by Crippen LogP contribution is -2.18. The summed E-state index contributed by atoms with van der Waals surface area (Å²) < 4.78 is 0. The fourth-order valence-corrected chi connectivity index (χ4v) is 2.60. The van der Waals surface area contributed by atoms with E-state index in [0.717, 1.165) is 16.7 Å². The Hall–Kier alpha value is -2.68. The lowest BCUT2D eigenvalue weighted by Gasteiger charge is -2.19. The fraction of sp³-hybridized carbons (Fsp3) is 0.238. The van der Waals surface area contributed by atoms with E-state index in [0.29, 0.717) is 12.3 Å². The zero-order valence-corrected chi connectivity index (χ0v) is 14.2. The van der Waals surface area contributed by atoms with Gasteiger partial charge in [-0.3, -0.25) is 4.79 Å². The molecule has 0 fully saturated rings. The Morgan fingerprint density at radius 1 is 0.958 bits per heavy atom. The lowest BCUT2D eigenvalue weighted by atomic mass is 9.87. The Balaban J connectivity index is 1.72. The predicted octanol–water partition coefficient (Wildman–Crippen LogP) is 4.50. The summed E-state index contributed by atoms with van der Waals surface area (Å²) in [7, 11) is 0. The van der Waals surface area contributed by atoms with E-state index >= 15 is 0 Å². The standard InChI is InChI=1S/C21H21NO2/c1-21(2,3)17-11-8-15(9-12-17)14-24-22-20-18-7-5-4-6-16(18)10-13-19(20)23/h4-13H,14H2,1-3H3/b22-20-. The van der Waals surface area contributed by atoms with Crippen molar-refractivity contribution in [1.82, 2.24) is 0 Å². The van der Waals surface area contributed by atoms with Crippen LogP contribution in [0.1, 0.15) is 43.0 Å². The molecule has 0 atom stereocenters. The van der Waals surface area contributed by atoms with Gasteiger partial charge in [0.15, 0.2) is 5.71 Å². The van der Waals surface area contributed by atoms with Gasteiger partial charge < -0.3 is 4.84 Å². The molecule has 0 aromatic heterocycles. The van der Waals surface area contributed by atoms with Gasteiger partial charge in [-0.25, -0.2) is 0 Å². The summed E-state index contributed by atoms with van der Waals surface area (Å²) in [6.45, 7) is 6.89. The number of nitrogens with zero attached hydrogens (tertiary/aromatic N) is 1. The van der Waals surface area contributed by atoms with Gasteiger partial charge in [-0.1, -0.05) is 80.5 Å². The Kier molecular flexibility index (Phi) is 4.34. The highest BCUT2D eigenvalue weighted by Gasteiger charge is 2.19. The number of benzene rings is 2. The van der Waals surface area contributed by atoms with Gasteiger partial charge in [-0.05, 0) is 28.2 Å². The molecule has 0 heterocycles. The summed E-state index contributed by atoms with van der Waals surface area (Å²) in [6.07, 6.45) is 3.34. The molecule has 0 bridgehead atoms. The summed E-state index contributed by atoms with van der Waals surface area (Å²) in [5, 5.41) is 4.09. The zero-order chi connectivity index (χ0) is 17.2. The van der Waals surface area contributed by atoms with Crippen LogP contribution in [0.2, 0.25) is 0 Å². The molecule has 122 valence electrons. The molecule has 0 spiro atoms. The first-order valence-electron chi connectivity index (χ1n) is 8.06. The molecule has 2 aromatic rings. The Morgan fingerprint density at radius 3 is 2.38 bits per heavy atom. The summed E-state index contributed by atoms with van der Waals surface area (Å²) in [5.74, 6) is -0.128. The average molecular weight is 319 g/mol. The van der Waals surface area contributed by atoms with Crippen LogP contribution in [0.15, 0.2) is 59.8 Å². The van der Waals surface area contributed by atoms with Crippen molar-refractivity contribution >= 4 is 17.6 Å². The van der Waals surface area contributed by atoms with E-state index in [4.69, 9.17) is 4.84 Å². The van der Waals surface area contributed by atoms with Crippen LogP contribution in [-0.4, -0.2) is 11.5 Å². The van der Waals surface area contributed by atoms with Crippen LogP contribution in [0.3, 0.4) is 0 Å². The number of hydrogen-bond donors (Lipinski definition) is 0. The van der Waals surface area contributed by atoms with E-state index in [1.807, 2.05) is 42.5 Å². The second-order valence-electron chi connectivity index (χ2n) is 6.95. The quantitative estimate of drug-likeness (QED) is 0.781. The number of hydrogen-bond acceptors (Lipinski definition) is 3. The van der Waals surface area contributed by atoms with Crippen LogP contribution in [0, 0.1) is 0 Å². The van der Waals surface area contributed by atoms with E-state index in [1.54, 1.807) is 0 Å². The average Bonchev–Trinajstić information content (AvgIpc) is 2.56. The van der Waals surface area contributed by atoms with Crippen molar-refractivity contribution in [2.24, 2.45) is 5.16 Å². The summed E-state index contributed by atoms with van der Waals surface area (Å²) in [4.78, 5) is 17.5. The van der Waals surface area contributed by atoms with Crippen molar-refractivity contribution in [2.45, 2.75) is 32.8 Å². The molecule has 0 saturated heterocycles. The molecule has 0 aliphatic heterocycles. The highest BCUT2D eigenvalue weighted by Crippen LogP contribution is 2.22. The second-order valence-corrected chi connectivity index (χ2v) is 6.95. The van der Waals surface area contributed by atoms with Gasteiger partial charge in [0.2, 0.25) is 5.78 Å². The molecule has 0 amide bonds. The van der Waals surface area contributed by atoms with Crippen molar-refractivity contribution < 1.29 is 9.63 Å². The number of carbonyl (C=O) groups excluding carboxylic acids is 1. The second kappa shape index (κ2) is 6.44. The molecule has 1 aliphatic rings. The SMILES string of the molecule is CC(C)(C)c1ccc(CO/N=C2\C(=O)C=Cc3ccccc32)cc1. The van der Waals surface area contributed by atoms with Gasteiger partial charge >= 0.3 is 0 Å². The molecule has 3 rings (SSSR count). The van der Waals surface area contributed by atoms with Gasteiger partial charge in [0.1, 0.15) is 6.61 Å². The Labute approximate surface area is 142 Å². The minimum Gasteiger partial charge on any atom is -0.390 e. The molecule has 0 radical (unpaired) electrons. The molecule has 0 saturated carbocycles. The smallest absolute Gasteiger partial charge is 0.208 e. The molecule has 1 aliphatic carbocycles. The number of allylic oxidation sites excluding steroid dienone is 1. The Morgan fingerprint density at radius 2 is 1.67 bits per heavy atom. The normalized spacial score (nSPS) is 15.5. The van der Waals surface area contributed by atoms with Crippen molar-refractivity contribution in [3.05, 3.63) is 76.9 Å². The topological polar surface area (TPSA) is 38.7 Å². The lowest BCUT2D eigenvalue weighted by molar-refractivity contribution is -0.109. The van der Waals surface area contributed by atoms with Crippen LogP contribution in [0.4, 0.5) is 0 Å². The minimum absolute atomic E-state index is 0.128. The molecular weight excluding hydrogens is 298 g/mol. The molecule has 24 heavy (non-hydrogen) atoms. The third-order valence-electron chi connectivity index (χ3n) is 4.07. The van der Waals surface area contributed by atoms with Gasteiger partial charge in [0, 0.05) is 5.56 Å². The maximum atomic E-state index is 12.1. The third-order valence-corrected chi connectivity index (χ3v) is 4.07. The maximum absolute atomic E-state index is 12.1. The Bertz CT molecular complexity index is 808. The largest absolute Gasteiger partial charge is 0.390 e. The molecular formula is C21H21NO2. The number of rotatable bonds is 3. The van der Waals surface area contributed by atoms with Crippen LogP contribution < -0.4 is 0 Å². The fourth-order valence-electron chi connectivity index (χ4n) is 2.60. The molecule has 3 nitrogen and oxygen atoms in total. The molecule has 0 N–H and O–H groups in total. The van der Waals surface area contributed by atoms with Crippen molar-refractivity contribution in [3.63, 3.8) is 0 Å². The third kappa shape index (κ3) is 3.46. The highest BCUT2D eigenvalue weighted by atomic mass is 16.6. The van der Waals surface area contributed by atoms with Crippen LogP contribution in [-0.2, 0) is 21.7 Å².